The third-order valence-corrected chi connectivity index (χ3v) is 3.69. The normalized spacial score (nSPS) is 35.5. The van der Waals surface area contributed by atoms with E-state index in [-0.39, 0.29) is 0 Å². The monoisotopic (exact) mass is 227 g/mol. The Morgan fingerprint density at radius 1 is 1.18 bits per heavy atom. The topological polar surface area (TPSA) is 23.9 Å². The lowest BCUT2D eigenvalue weighted by Crippen LogP contribution is -2.11. The van der Waals surface area contributed by atoms with Crippen LogP contribution in [0, 0.1) is 17.2 Å². The molecule has 2 rings (SSSR count). The Labute approximate surface area is 104 Å². The molecule has 0 aromatic rings. The smallest absolute Gasteiger partial charge is 0.0608 e. The van der Waals surface area contributed by atoms with Crippen molar-refractivity contribution in [2.24, 2.45) is 11.8 Å². The molecule has 90 valence electrons. The fraction of sp³-hybridized carbons (Fsp3) is 0.438. The lowest BCUT2D eigenvalue weighted by molar-refractivity contribution is 0.580. The van der Waals surface area contributed by atoms with Crippen LogP contribution in [0.3, 0.4) is 0 Å². The van der Waals surface area contributed by atoms with Gasteiger partial charge in [0.2, 0.25) is 0 Å². The second-order valence-electron chi connectivity index (χ2n) is 5.15. The number of rotatable bonds is 0. The number of hydrogen-bond acceptors (Lipinski definition) is 1. The van der Waals surface area contributed by atoms with Gasteiger partial charge in [0, 0.05) is 0 Å². The van der Waals surface area contributed by atoms with E-state index in [1.165, 1.54) is 12.0 Å². The first-order valence-corrected chi connectivity index (χ1v) is 6.52. The van der Waals surface area contributed by atoms with Gasteiger partial charge >= 0.3 is 0 Å². The van der Waals surface area contributed by atoms with Crippen molar-refractivity contribution in [1.82, 2.24) is 0 Å². The maximum absolute atomic E-state index is 8.18. The van der Waals surface area contributed by atoms with Crippen LogP contribution in [-0.2, 0) is 0 Å². The Morgan fingerprint density at radius 3 is 2.82 bits per heavy atom. The average Bonchev–Trinajstić information content (AvgIpc) is 2.28. The van der Waals surface area contributed by atoms with Crippen molar-refractivity contribution in [3.63, 3.8) is 0 Å². The van der Waals surface area contributed by atoms with Crippen molar-refractivity contribution in [2.75, 3.05) is 0 Å². The van der Waals surface area contributed by atoms with Gasteiger partial charge in [-0.25, -0.2) is 0 Å². The van der Waals surface area contributed by atoms with E-state index in [0.717, 1.165) is 18.4 Å². The van der Waals surface area contributed by atoms with Gasteiger partial charge in [0.15, 0.2) is 0 Å². The molecule has 2 unspecified atom stereocenters. The maximum Gasteiger partial charge on any atom is 0.0608 e. The lowest BCUT2D eigenvalue weighted by Gasteiger charge is -2.22. The van der Waals surface area contributed by atoms with Crippen LogP contribution < -0.4 is 0 Å². The molecule has 0 amide bonds. The standard InChI is InChI=1S/C16H21N/c1-12-8-10-14-13(2)6-4-3-5-7-15(14)16(17)11-9-12/h3-5,7,9,11-13,17H,6,8,10H2,1-2H3/b4-3?,7-5-,11-9?,15-14+,17-16?. The molecule has 0 aromatic carbocycles. The van der Waals surface area contributed by atoms with Gasteiger partial charge in [0.05, 0.1) is 5.71 Å². The fourth-order valence-electron chi connectivity index (χ4n) is 2.50. The first kappa shape index (κ1) is 12.1. The fourth-order valence-corrected chi connectivity index (χ4v) is 2.50. The zero-order valence-corrected chi connectivity index (χ0v) is 10.7. The van der Waals surface area contributed by atoms with Crippen molar-refractivity contribution in [3.05, 3.63) is 47.6 Å². The highest BCUT2D eigenvalue weighted by Crippen LogP contribution is 2.30. The molecular formula is C16H21N. The van der Waals surface area contributed by atoms with Gasteiger partial charge in [0.25, 0.3) is 0 Å². The Kier molecular flexibility index (Phi) is 3.78. The van der Waals surface area contributed by atoms with Gasteiger partial charge in [-0.05, 0) is 42.7 Å². The van der Waals surface area contributed by atoms with Crippen LogP contribution in [0.15, 0.2) is 47.6 Å². The molecule has 0 saturated carbocycles. The summed E-state index contributed by atoms with van der Waals surface area (Å²) in [5.74, 6) is 1.15. The van der Waals surface area contributed by atoms with E-state index in [1.807, 2.05) is 6.08 Å². The van der Waals surface area contributed by atoms with Crippen molar-refractivity contribution >= 4 is 5.71 Å². The third-order valence-electron chi connectivity index (χ3n) is 3.69. The number of nitrogens with one attached hydrogen (secondary N) is 1. The molecule has 0 aromatic heterocycles. The van der Waals surface area contributed by atoms with Gasteiger partial charge in [0.1, 0.15) is 0 Å². The van der Waals surface area contributed by atoms with E-state index < -0.39 is 0 Å². The largest absolute Gasteiger partial charge is 0.300 e. The molecule has 1 heteroatoms. The van der Waals surface area contributed by atoms with Crippen molar-refractivity contribution < 1.29 is 0 Å². The molecule has 2 atom stereocenters. The third kappa shape index (κ3) is 2.85. The van der Waals surface area contributed by atoms with Crippen LogP contribution in [0.2, 0.25) is 0 Å². The highest BCUT2D eigenvalue weighted by Gasteiger charge is 2.17. The summed E-state index contributed by atoms with van der Waals surface area (Å²) in [6.07, 6.45) is 16.0. The summed E-state index contributed by atoms with van der Waals surface area (Å²) >= 11 is 0. The Balaban J connectivity index is 2.42. The van der Waals surface area contributed by atoms with Crippen molar-refractivity contribution in [2.45, 2.75) is 33.1 Å². The minimum Gasteiger partial charge on any atom is -0.300 e. The van der Waals surface area contributed by atoms with Crippen LogP contribution in [0.25, 0.3) is 0 Å². The van der Waals surface area contributed by atoms with Gasteiger partial charge in [-0.1, -0.05) is 49.8 Å². The summed E-state index contributed by atoms with van der Waals surface area (Å²) in [6.45, 7) is 4.51. The second kappa shape index (κ2) is 5.31. The molecule has 0 spiro atoms. The van der Waals surface area contributed by atoms with Crippen LogP contribution in [0.1, 0.15) is 33.1 Å². The highest BCUT2D eigenvalue weighted by molar-refractivity contribution is 6.08. The summed E-state index contributed by atoms with van der Waals surface area (Å²) in [5.41, 5.74) is 3.28. The van der Waals surface area contributed by atoms with Crippen LogP contribution in [0.5, 0.6) is 0 Å². The summed E-state index contributed by atoms with van der Waals surface area (Å²) in [6, 6.07) is 0. The summed E-state index contributed by atoms with van der Waals surface area (Å²) in [5, 5.41) is 8.18. The zero-order valence-electron chi connectivity index (χ0n) is 10.7. The van der Waals surface area contributed by atoms with Crippen LogP contribution in [0.4, 0.5) is 0 Å². The minimum absolute atomic E-state index is 0.560. The molecule has 17 heavy (non-hydrogen) atoms. The van der Waals surface area contributed by atoms with Gasteiger partial charge in [-0.3, -0.25) is 0 Å². The van der Waals surface area contributed by atoms with E-state index >= 15 is 0 Å². The Morgan fingerprint density at radius 2 is 2.00 bits per heavy atom. The summed E-state index contributed by atoms with van der Waals surface area (Å²) in [7, 11) is 0. The minimum atomic E-state index is 0.560. The molecule has 0 saturated heterocycles. The van der Waals surface area contributed by atoms with Gasteiger partial charge in [-0.2, -0.15) is 0 Å². The molecule has 1 N–H and O–H groups in total. The first-order chi connectivity index (χ1) is 8.18. The number of hydrogen-bond donors (Lipinski definition) is 1. The quantitative estimate of drug-likeness (QED) is 0.632. The maximum atomic E-state index is 8.18. The predicted octanol–water partition coefficient (Wildman–Crippen LogP) is 4.44. The predicted molar refractivity (Wildman–Crippen MR) is 74.4 cm³/mol. The lowest BCUT2D eigenvalue weighted by atomic mass is 9.83. The average molecular weight is 227 g/mol. The molecule has 0 radical (unpaired) electrons. The molecule has 0 fully saturated rings. The molecule has 0 aliphatic heterocycles. The SMILES string of the molecule is CC1C=CC(=N)C2=C(\CC1)C(C)CC=C/C=C\2. The van der Waals surface area contributed by atoms with Crippen LogP contribution in [-0.4, -0.2) is 5.71 Å². The van der Waals surface area contributed by atoms with Gasteiger partial charge < -0.3 is 5.41 Å². The van der Waals surface area contributed by atoms with E-state index in [0.29, 0.717) is 17.5 Å². The van der Waals surface area contributed by atoms with Gasteiger partial charge in [-0.15, -0.1) is 0 Å². The Bertz CT molecular complexity index is 421. The molecule has 0 heterocycles. The molecule has 2 aliphatic rings. The second-order valence-corrected chi connectivity index (χ2v) is 5.15. The first-order valence-electron chi connectivity index (χ1n) is 6.52. The number of allylic oxidation sites excluding steroid dienone is 8. The highest BCUT2D eigenvalue weighted by atomic mass is 14.4. The molecule has 1 nitrogen and oxygen atoms in total. The summed E-state index contributed by atoms with van der Waals surface area (Å²) in [4.78, 5) is 0. The summed E-state index contributed by atoms with van der Waals surface area (Å²) < 4.78 is 0. The van der Waals surface area contributed by atoms with E-state index in [4.69, 9.17) is 5.41 Å². The van der Waals surface area contributed by atoms with E-state index in [1.54, 1.807) is 0 Å². The van der Waals surface area contributed by atoms with Crippen molar-refractivity contribution in [1.29, 1.82) is 5.41 Å². The molecule has 0 bridgehead atoms. The molecular weight excluding hydrogens is 206 g/mol. The van der Waals surface area contributed by atoms with Crippen molar-refractivity contribution in [3.8, 4) is 0 Å². The van der Waals surface area contributed by atoms with E-state index in [2.05, 4.69) is 44.2 Å². The van der Waals surface area contributed by atoms with E-state index in [9.17, 15) is 0 Å². The zero-order chi connectivity index (χ0) is 12.3. The van der Waals surface area contributed by atoms with Crippen LogP contribution >= 0.6 is 0 Å². The Hall–Kier alpha value is -1.37. The molecule has 2 aliphatic carbocycles.